The van der Waals surface area contributed by atoms with Gasteiger partial charge in [0.15, 0.2) is 0 Å². The molecule has 0 aliphatic heterocycles. The number of aliphatic hydroxyl groups excluding tert-OH is 1. The smallest absolute Gasteiger partial charge is 0.118 e. The van der Waals surface area contributed by atoms with Crippen LogP contribution in [0.1, 0.15) is 44.6 Å². The first-order valence-electron chi connectivity index (χ1n) is 7.65. The zero-order valence-electron chi connectivity index (χ0n) is 12.6. The molecule has 1 saturated carbocycles. The van der Waals surface area contributed by atoms with Crippen LogP contribution in [0, 0.1) is 0 Å². The van der Waals surface area contributed by atoms with Gasteiger partial charge in [0, 0.05) is 6.61 Å². The molecule has 0 heterocycles. The van der Waals surface area contributed by atoms with Gasteiger partial charge in [-0.3, -0.25) is 0 Å². The van der Waals surface area contributed by atoms with Crippen LogP contribution < -0.4 is 4.74 Å². The van der Waals surface area contributed by atoms with E-state index < -0.39 is 0 Å². The van der Waals surface area contributed by atoms with E-state index in [1.165, 1.54) is 18.4 Å². The lowest BCUT2D eigenvalue weighted by Gasteiger charge is -2.34. The number of benzene rings is 1. The summed E-state index contributed by atoms with van der Waals surface area (Å²) in [4.78, 5) is 0. The van der Waals surface area contributed by atoms with Gasteiger partial charge < -0.3 is 14.6 Å². The molecule has 1 aliphatic rings. The molecule has 112 valence electrons. The molecule has 0 aromatic heterocycles. The third kappa shape index (κ3) is 3.53. The summed E-state index contributed by atoms with van der Waals surface area (Å²) in [5.74, 6) is 0.871. The van der Waals surface area contributed by atoms with Gasteiger partial charge >= 0.3 is 0 Å². The number of methoxy groups -OCH3 is 1. The Morgan fingerprint density at radius 3 is 2.40 bits per heavy atom. The molecule has 0 amide bonds. The Labute approximate surface area is 121 Å². The lowest BCUT2D eigenvalue weighted by atomic mass is 9.90. The molecule has 0 saturated heterocycles. The first kappa shape index (κ1) is 15.3. The van der Waals surface area contributed by atoms with Crippen LogP contribution in [-0.4, -0.2) is 30.5 Å². The molecule has 0 radical (unpaired) electrons. The van der Waals surface area contributed by atoms with Crippen LogP contribution >= 0.6 is 0 Å². The van der Waals surface area contributed by atoms with Crippen LogP contribution in [-0.2, 0) is 11.2 Å². The number of rotatable bonds is 7. The predicted octanol–water partition coefficient (Wildman–Crippen LogP) is 3.34. The van der Waals surface area contributed by atoms with Crippen molar-refractivity contribution in [3.05, 3.63) is 29.8 Å². The molecule has 1 aliphatic carbocycles. The standard InChI is InChI=1S/C17H26O3/c1-3-20-17(12-4-5-13-17)16(18)11-8-14-6-9-15(19-2)10-7-14/h6-7,9-10,16,18H,3-5,8,11-13H2,1-2H3. The van der Waals surface area contributed by atoms with Crippen molar-refractivity contribution in [2.45, 2.75) is 57.2 Å². The Morgan fingerprint density at radius 1 is 1.20 bits per heavy atom. The van der Waals surface area contributed by atoms with Gasteiger partial charge in [-0.05, 0) is 50.3 Å². The maximum atomic E-state index is 10.5. The minimum Gasteiger partial charge on any atom is -0.497 e. The summed E-state index contributed by atoms with van der Waals surface area (Å²) in [6.07, 6.45) is 5.58. The van der Waals surface area contributed by atoms with Crippen molar-refractivity contribution in [3.63, 3.8) is 0 Å². The summed E-state index contributed by atoms with van der Waals surface area (Å²) >= 11 is 0. The number of hydrogen-bond acceptors (Lipinski definition) is 3. The molecule has 2 rings (SSSR count). The largest absolute Gasteiger partial charge is 0.497 e. The summed E-state index contributed by atoms with van der Waals surface area (Å²) in [6, 6.07) is 8.06. The minimum atomic E-state index is -0.368. The van der Waals surface area contributed by atoms with Crippen molar-refractivity contribution in [3.8, 4) is 5.75 Å². The molecule has 1 atom stereocenters. The Bertz CT molecular complexity index is 393. The van der Waals surface area contributed by atoms with Crippen molar-refractivity contribution in [1.82, 2.24) is 0 Å². The monoisotopic (exact) mass is 278 g/mol. The van der Waals surface area contributed by atoms with E-state index in [9.17, 15) is 5.11 Å². The van der Waals surface area contributed by atoms with E-state index in [1.54, 1.807) is 7.11 Å². The molecular weight excluding hydrogens is 252 g/mol. The molecular formula is C17H26O3. The molecule has 0 bridgehead atoms. The van der Waals surface area contributed by atoms with Gasteiger partial charge in [-0.25, -0.2) is 0 Å². The van der Waals surface area contributed by atoms with E-state index in [0.29, 0.717) is 6.61 Å². The topological polar surface area (TPSA) is 38.7 Å². The molecule has 1 N–H and O–H groups in total. The van der Waals surface area contributed by atoms with Gasteiger partial charge in [-0.2, -0.15) is 0 Å². The van der Waals surface area contributed by atoms with E-state index >= 15 is 0 Å². The van der Waals surface area contributed by atoms with Gasteiger partial charge in [-0.15, -0.1) is 0 Å². The Kier molecular flexibility index (Phi) is 5.44. The zero-order valence-corrected chi connectivity index (χ0v) is 12.6. The highest BCUT2D eigenvalue weighted by Crippen LogP contribution is 2.37. The number of ether oxygens (including phenoxy) is 2. The van der Waals surface area contributed by atoms with Gasteiger partial charge in [0.25, 0.3) is 0 Å². The molecule has 1 aromatic rings. The van der Waals surface area contributed by atoms with Crippen LogP contribution in [0.2, 0.25) is 0 Å². The van der Waals surface area contributed by atoms with Crippen LogP contribution in [0.5, 0.6) is 5.75 Å². The maximum absolute atomic E-state index is 10.5. The van der Waals surface area contributed by atoms with Crippen molar-refractivity contribution in [2.24, 2.45) is 0 Å². The van der Waals surface area contributed by atoms with Gasteiger partial charge in [0.1, 0.15) is 5.75 Å². The lowest BCUT2D eigenvalue weighted by Crippen LogP contribution is -2.42. The van der Waals surface area contributed by atoms with Crippen molar-refractivity contribution in [2.75, 3.05) is 13.7 Å². The van der Waals surface area contributed by atoms with E-state index in [0.717, 1.165) is 31.4 Å². The first-order chi connectivity index (χ1) is 9.70. The lowest BCUT2D eigenvalue weighted by molar-refractivity contribution is -0.118. The fourth-order valence-corrected chi connectivity index (χ4v) is 3.19. The first-order valence-corrected chi connectivity index (χ1v) is 7.65. The average Bonchev–Trinajstić information content (AvgIpc) is 2.95. The SMILES string of the molecule is CCOC1(C(O)CCc2ccc(OC)cc2)CCCC1. The maximum Gasteiger partial charge on any atom is 0.118 e. The van der Waals surface area contributed by atoms with Gasteiger partial charge in [0.05, 0.1) is 18.8 Å². The van der Waals surface area contributed by atoms with E-state index in [-0.39, 0.29) is 11.7 Å². The Morgan fingerprint density at radius 2 is 1.85 bits per heavy atom. The molecule has 1 aromatic carbocycles. The molecule has 3 nitrogen and oxygen atoms in total. The highest BCUT2D eigenvalue weighted by Gasteiger charge is 2.40. The number of hydrogen-bond donors (Lipinski definition) is 1. The zero-order chi connectivity index (χ0) is 14.4. The normalized spacial score (nSPS) is 18.9. The third-order valence-corrected chi connectivity index (χ3v) is 4.35. The van der Waals surface area contributed by atoms with Crippen LogP contribution in [0.3, 0.4) is 0 Å². The van der Waals surface area contributed by atoms with E-state index in [1.807, 2.05) is 19.1 Å². The number of aryl methyl sites for hydroxylation is 1. The molecule has 1 fully saturated rings. The van der Waals surface area contributed by atoms with E-state index in [4.69, 9.17) is 9.47 Å². The molecule has 1 unspecified atom stereocenters. The molecule has 20 heavy (non-hydrogen) atoms. The van der Waals surface area contributed by atoms with Gasteiger partial charge in [0.2, 0.25) is 0 Å². The molecule has 0 spiro atoms. The summed E-state index contributed by atoms with van der Waals surface area (Å²) in [5, 5.41) is 10.5. The Hall–Kier alpha value is -1.06. The summed E-state index contributed by atoms with van der Waals surface area (Å²) in [6.45, 7) is 2.69. The predicted molar refractivity (Wildman–Crippen MR) is 80.1 cm³/mol. The second kappa shape index (κ2) is 7.09. The average molecular weight is 278 g/mol. The number of aliphatic hydroxyl groups is 1. The van der Waals surface area contributed by atoms with Gasteiger partial charge in [-0.1, -0.05) is 25.0 Å². The highest BCUT2D eigenvalue weighted by molar-refractivity contribution is 5.27. The fourth-order valence-electron chi connectivity index (χ4n) is 3.19. The van der Waals surface area contributed by atoms with Crippen LogP contribution in [0.4, 0.5) is 0 Å². The molecule has 3 heteroatoms. The summed E-state index contributed by atoms with van der Waals surface area (Å²) < 4.78 is 11.1. The third-order valence-electron chi connectivity index (χ3n) is 4.35. The quantitative estimate of drug-likeness (QED) is 0.831. The fraction of sp³-hybridized carbons (Fsp3) is 0.647. The van der Waals surface area contributed by atoms with Crippen molar-refractivity contribution in [1.29, 1.82) is 0 Å². The second-order valence-electron chi connectivity index (χ2n) is 5.61. The van der Waals surface area contributed by atoms with E-state index in [2.05, 4.69) is 12.1 Å². The summed E-state index contributed by atoms with van der Waals surface area (Å²) in [7, 11) is 1.67. The highest BCUT2D eigenvalue weighted by atomic mass is 16.5. The van der Waals surface area contributed by atoms with Crippen molar-refractivity contribution >= 4 is 0 Å². The van der Waals surface area contributed by atoms with Crippen molar-refractivity contribution < 1.29 is 14.6 Å². The summed E-state index contributed by atoms with van der Waals surface area (Å²) in [5.41, 5.74) is 0.941. The Balaban J connectivity index is 1.91. The second-order valence-corrected chi connectivity index (χ2v) is 5.61. The minimum absolute atomic E-state index is 0.290. The van der Waals surface area contributed by atoms with Crippen LogP contribution in [0.25, 0.3) is 0 Å². The van der Waals surface area contributed by atoms with Crippen LogP contribution in [0.15, 0.2) is 24.3 Å².